The molecule has 0 fully saturated rings. The van der Waals surface area contributed by atoms with Crippen molar-refractivity contribution in [1.29, 1.82) is 0 Å². The first-order valence-electron chi connectivity index (χ1n) is 8.45. The number of fused-ring (bicyclic) bond motifs is 2. The predicted octanol–water partition coefficient (Wildman–Crippen LogP) is 3.47. The molecule has 0 saturated heterocycles. The van der Waals surface area contributed by atoms with Gasteiger partial charge in [-0.15, -0.1) is 0 Å². The van der Waals surface area contributed by atoms with Crippen molar-refractivity contribution in [3.8, 4) is 0 Å². The lowest BCUT2D eigenvalue weighted by Crippen LogP contribution is -2.15. The summed E-state index contributed by atoms with van der Waals surface area (Å²) in [6.07, 6.45) is 3.02. The van der Waals surface area contributed by atoms with Gasteiger partial charge in [-0.25, -0.2) is 0 Å². The zero-order chi connectivity index (χ0) is 17.4. The Morgan fingerprint density at radius 1 is 1.12 bits per heavy atom. The number of hydrogen-bond acceptors (Lipinski definition) is 4. The van der Waals surface area contributed by atoms with Gasteiger partial charge in [-0.05, 0) is 31.0 Å². The molecule has 0 unspecified atom stereocenters. The normalized spacial score (nSPS) is 11.3. The van der Waals surface area contributed by atoms with Crippen LogP contribution in [0.4, 0.5) is 11.8 Å². The number of hydrogen-bond donors (Lipinski definition) is 3. The Balaban J connectivity index is 1.58. The number of nitrogens with one attached hydrogen (secondary N) is 3. The van der Waals surface area contributed by atoms with Crippen molar-refractivity contribution in [3.05, 3.63) is 47.8 Å². The highest BCUT2D eigenvalue weighted by molar-refractivity contribution is 5.89. The van der Waals surface area contributed by atoms with Gasteiger partial charge in [0, 0.05) is 43.4 Å². The third-order valence-electron chi connectivity index (χ3n) is 4.37. The van der Waals surface area contributed by atoms with E-state index < -0.39 is 0 Å². The van der Waals surface area contributed by atoms with Crippen LogP contribution in [0.5, 0.6) is 0 Å². The van der Waals surface area contributed by atoms with Gasteiger partial charge in [-0.2, -0.15) is 9.97 Å². The van der Waals surface area contributed by atoms with Gasteiger partial charge in [0.25, 0.3) is 0 Å². The summed E-state index contributed by atoms with van der Waals surface area (Å²) < 4.78 is 0. The molecule has 0 aliphatic heterocycles. The molecule has 0 aliphatic carbocycles. The van der Waals surface area contributed by atoms with E-state index in [1.165, 1.54) is 16.5 Å². The van der Waals surface area contributed by atoms with Crippen LogP contribution in [-0.2, 0) is 6.42 Å². The minimum atomic E-state index is 0.698. The molecule has 3 N–H and O–H groups in total. The predicted molar refractivity (Wildman–Crippen MR) is 103 cm³/mol. The van der Waals surface area contributed by atoms with Crippen LogP contribution in [0.3, 0.4) is 0 Å². The van der Waals surface area contributed by atoms with E-state index in [1.54, 1.807) is 0 Å². The maximum absolute atomic E-state index is 4.67. The SMILES string of the molecule is Cc1cc2c(NCCc3c[nH]c4ccccc34)nc(N(C)C)nc2[nH]1. The second-order valence-electron chi connectivity index (χ2n) is 6.52. The van der Waals surface area contributed by atoms with Crippen LogP contribution in [0.25, 0.3) is 21.9 Å². The molecule has 0 atom stereocenters. The van der Waals surface area contributed by atoms with Crippen LogP contribution in [0.2, 0.25) is 0 Å². The number of H-pyrrole nitrogens is 2. The van der Waals surface area contributed by atoms with Crippen molar-refractivity contribution in [2.75, 3.05) is 30.9 Å². The summed E-state index contributed by atoms with van der Waals surface area (Å²) in [6.45, 7) is 2.85. The van der Waals surface area contributed by atoms with Crippen LogP contribution in [-0.4, -0.2) is 40.6 Å². The van der Waals surface area contributed by atoms with Crippen molar-refractivity contribution >= 4 is 33.7 Å². The highest BCUT2D eigenvalue weighted by Gasteiger charge is 2.11. The lowest BCUT2D eigenvalue weighted by molar-refractivity contribution is 0.984. The van der Waals surface area contributed by atoms with Gasteiger partial charge in [-0.1, -0.05) is 18.2 Å². The van der Waals surface area contributed by atoms with E-state index in [-0.39, 0.29) is 0 Å². The summed E-state index contributed by atoms with van der Waals surface area (Å²) in [4.78, 5) is 17.8. The van der Waals surface area contributed by atoms with Gasteiger partial charge in [0.2, 0.25) is 5.95 Å². The number of para-hydroxylation sites is 1. The lowest BCUT2D eigenvalue weighted by Gasteiger charge is -2.13. The first-order chi connectivity index (χ1) is 12.1. The largest absolute Gasteiger partial charge is 0.369 e. The lowest BCUT2D eigenvalue weighted by atomic mass is 10.1. The van der Waals surface area contributed by atoms with E-state index in [1.807, 2.05) is 25.9 Å². The van der Waals surface area contributed by atoms with Gasteiger partial charge in [0.1, 0.15) is 11.5 Å². The van der Waals surface area contributed by atoms with E-state index in [0.717, 1.165) is 35.5 Å². The van der Waals surface area contributed by atoms with Gasteiger partial charge in [0.05, 0.1) is 5.39 Å². The van der Waals surface area contributed by atoms with E-state index in [4.69, 9.17) is 0 Å². The molecule has 6 nitrogen and oxygen atoms in total. The number of aromatic nitrogens is 4. The maximum atomic E-state index is 4.67. The van der Waals surface area contributed by atoms with Crippen molar-refractivity contribution in [3.63, 3.8) is 0 Å². The molecule has 0 aliphatic rings. The average molecular weight is 334 g/mol. The fraction of sp³-hybridized carbons (Fsp3) is 0.263. The number of anilines is 2. The number of aromatic amines is 2. The number of aryl methyl sites for hydroxylation is 1. The first-order valence-corrected chi connectivity index (χ1v) is 8.45. The molecule has 4 rings (SSSR count). The first kappa shape index (κ1) is 15.5. The Hall–Kier alpha value is -3.02. The van der Waals surface area contributed by atoms with Crippen LogP contribution < -0.4 is 10.2 Å². The second kappa shape index (κ2) is 6.12. The molecular formula is C19H22N6. The van der Waals surface area contributed by atoms with E-state index >= 15 is 0 Å². The molecule has 128 valence electrons. The standard InChI is InChI=1S/C19H22N6/c1-12-10-15-17(23-19(25(2)3)24-18(15)22-12)20-9-8-13-11-21-16-7-5-4-6-14(13)16/h4-7,10-11,21H,8-9H2,1-3H3,(H2,20,22,23,24). The average Bonchev–Trinajstić information content (AvgIpc) is 3.17. The summed E-state index contributed by atoms with van der Waals surface area (Å²) in [7, 11) is 3.90. The molecule has 1 aromatic carbocycles. The topological polar surface area (TPSA) is 72.6 Å². The Kier molecular flexibility index (Phi) is 3.80. The minimum Gasteiger partial charge on any atom is -0.369 e. The third kappa shape index (κ3) is 2.91. The molecule has 3 aromatic heterocycles. The molecule has 6 heteroatoms. The van der Waals surface area contributed by atoms with E-state index in [9.17, 15) is 0 Å². The zero-order valence-corrected chi connectivity index (χ0v) is 14.7. The third-order valence-corrected chi connectivity index (χ3v) is 4.37. The fourth-order valence-electron chi connectivity index (χ4n) is 3.12. The van der Waals surface area contributed by atoms with Gasteiger partial charge >= 0.3 is 0 Å². The molecule has 25 heavy (non-hydrogen) atoms. The summed E-state index contributed by atoms with van der Waals surface area (Å²) in [6, 6.07) is 10.5. The molecule has 3 heterocycles. The molecule has 0 spiro atoms. The van der Waals surface area contributed by atoms with Crippen molar-refractivity contribution < 1.29 is 0 Å². The molecular weight excluding hydrogens is 312 g/mol. The Bertz CT molecular complexity index is 1030. The van der Waals surface area contributed by atoms with Crippen LogP contribution in [0, 0.1) is 6.92 Å². The monoisotopic (exact) mass is 334 g/mol. The molecule has 0 amide bonds. The number of nitrogens with zero attached hydrogens (tertiary/aromatic N) is 3. The highest BCUT2D eigenvalue weighted by atomic mass is 15.2. The van der Waals surface area contributed by atoms with Crippen LogP contribution >= 0.6 is 0 Å². The fourth-order valence-corrected chi connectivity index (χ4v) is 3.12. The van der Waals surface area contributed by atoms with Gasteiger partial charge < -0.3 is 20.2 Å². The summed E-state index contributed by atoms with van der Waals surface area (Å²) in [5.41, 5.74) is 4.44. The van der Waals surface area contributed by atoms with Crippen molar-refractivity contribution in [2.24, 2.45) is 0 Å². The number of benzene rings is 1. The van der Waals surface area contributed by atoms with Gasteiger partial charge in [-0.3, -0.25) is 0 Å². The summed E-state index contributed by atoms with van der Waals surface area (Å²) in [5.74, 6) is 1.57. The van der Waals surface area contributed by atoms with E-state index in [0.29, 0.717) is 5.95 Å². The smallest absolute Gasteiger partial charge is 0.228 e. The molecule has 4 aromatic rings. The summed E-state index contributed by atoms with van der Waals surface area (Å²) >= 11 is 0. The zero-order valence-electron chi connectivity index (χ0n) is 14.7. The molecule has 0 radical (unpaired) electrons. The van der Waals surface area contributed by atoms with Crippen molar-refractivity contribution in [2.45, 2.75) is 13.3 Å². The highest BCUT2D eigenvalue weighted by Crippen LogP contribution is 2.24. The molecule has 0 saturated carbocycles. The van der Waals surface area contributed by atoms with Gasteiger partial charge in [0.15, 0.2) is 0 Å². The van der Waals surface area contributed by atoms with Crippen LogP contribution in [0.1, 0.15) is 11.3 Å². The van der Waals surface area contributed by atoms with Crippen LogP contribution in [0.15, 0.2) is 36.5 Å². The Morgan fingerprint density at radius 2 is 1.96 bits per heavy atom. The van der Waals surface area contributed by atoms with Crippen molar-refractivity contribution in [1.82, 2.24) is 19.9 Å². The summed E-state index contributed by atoms with van der Waals surface area (Å²) in [5, 5.41) is 5.80. The maximum Gasteiger partial charge on any atom is 0.228 e. The minimum absolute atomic E-state index is 0.698. The number of rotatable bonds is 5. The molecule has 0 bridgehead atoms. The Morgan fingerprint density at radius 3 is 2.80 bits per heavy atom. The second-order valence-corrected chi connectivity index (χ2v) is 6.52. The Labute approximate surface area is 146 Å². The van der Waals surface area contributed by atoms with E-state index in [2.05, 4.69) is 61.8 Å². The quantitative estimate of drug-likeness (QED) is 0.522.